The molecular weight excluding hydrogens is 430 g/mol. The van der Waals surface area contributed by atoms with Gasteiger partial charge >= 0.3 is 0 Å². The summed E-state index contributed by atoms with van der Waals surface area (Å²) in [6.45, 7) is 0. The molecular formula is C23H17N3O7. The van der Waals surface area contributed by atoms with Gasteiger partial charge in [0.1, 0.15) is 5.92 Å². The number of anilines is 2. The van der Waals surface area contributed by atoms with Crippen molar-refractivity contribution in [3.8, 4) is 11.5 Å². The van der Waals surface area contributed by atoms with Gasteiger partial charge in [-0.2, -0.15) is 0 Å². The van der Waals surface area contributed by atoms with Crippen LogP contribution < -0.4 is 9.96 Å². The molecule has 166 valence electrons. The van der Waals surface area contributed by atoms with Crippen molar-refractivity contribution >= 4 is 28.9 Å². The highest BCUT2D eigenvalue weighted by atomic mass is 16.7. The smallest absolute Gasteiger partial charge is 0.269 e. The van der Waals surface area contributed by atoms with Gasteiger partial charge in [0.25, 0.3) is 11.6 Å². The molecule has 0 saturated carbocycles. The second-order valence-corrected chi connectivity index (χ2v) is 7.69. The summed E-state index contributed by atoms with van der Waals surface area (Å²) in [5, 5.41) is 32.2. The Morgan fingerprint density at radius 3 is 2.18 bits per heavy atom. The Balaban J connectivity index is 1.57. The fourth-order valence-electron chi connectivity index (χ4n) is 4.25. The number of benzene rings is 3. The molecule has 0 unspecified atom stereocenters. The number of imide groups is 1. The van der Waals surface area contributed by atoms with Crippen molar-refractivity contribution in [2.24, 2.45) is 5.92 Å². The summed E-state index contributed by atoms with van der Waals surface area (Å²) in [6.07, 6.45) is -1.13. The Kier molecular flexibility index (Phi) is 4.72. The van der Waals surface area contributed by atoms with E-state index >= 15 is 0 Å². The zero-order valence-corrected chi connectivity index (χ0v) is 16.9. The highest BCUT2D eigenvalue weighted by Gasteiger charge is 2.60. The molecule has 3 aromatic rings. The first-order valence-electron chi connectivity index (χ1n) is 10.0. The van der Waals surface area contributed by atoms with E-state index in [1.165, 1.54) is 41.5 Å². The lowest BCUT2D eigenvalue weighted by molar-refractivity contribution is -0.384. The summed E-state index contributed by atoms with van der Waals surface area (Å²) in [4.78, 5) is 44.0. The number of hydroxylamine groups is 1. The van der Waals surface area contributed by atoms with Gasteiger partial charge in [0.2, 0.25) is 5.91 Å². The van der Waals surface area contributed by atoms with E-state index in [2.05, 4.69) is 0 Å². The number of nitrogens with zero attached hydrogens (tertiary/aromatic N) is 3. The van der Waals surface area contributed by atoms with Gasteiger partial charge < -0.3 is 10.2 Å². The average Bonchev–Trinajstić information content (AvgIpc) is 3.32. The number of non-ortho nitro benzene ring substituents is 1. The molecule has 33 heavy (non-hydrogen) atoms. The number of nitro groups is 1. The molecule has 0 aromatic heterocycles. The van der Waals surface area contributed by atoms with Crippen molar-refractivity contribution in [1.82, 2.24) is 0 Å². The minimum atomic E-state index is -1.13. The maximum Gasteiger partial charge on any atom is 0.269 e. The number of phenols is 2. The van der Waals surface area contributed by atoms with Crippen LogP contribution in [-0.2, 0) is 14.4 Å². The number of carbonyl (C=O) groups is 2. The number of amides is 2. The first-order valence-corrected chi connectivity index (χ1v) is 10.0. The van der Waals surface area contributed by atoms with Gasteiger partial charge in [-0.25, -0.2) is 9.96 Å². The minimum absolute atomic E-state index is 0.165. The van der Waals surface area contributed by atoms with Crippen LogP contribution in [-0.4, -0.2) is 33.1 Å². The van der Waals surface area contributed by atoms with Gasteiger partial charge in [0.05, 0.1) is 22.3 Å². The van der Waals surface area contributed by atoms with Gasteiger partial charge in [-0.3, -0.25) is 24.5 Å². The Hall–Kier alpha value is -4.44. The number of hydrogen-bond donors (Lipinski definition) is 2. The van der Waals surface area contributed by atoms with Gasteiger partial charge in [-0.15, -0.1) is 0 Å². The highest BCUT2D eigenvalue weighted by molar-refractivity contribution is 6.24. The predicted octanol–water partition coefficient (Wildman–Crippen LogP) is 3.06. The lowest BCUT2D eigenvalue weighted by Gasteiger charge is -2.28. The molecule has 3 atom stereocenters. The number of rotatable bonds is 4. The van der Waals surface area contributed by atoms with Gasteiger partial charge in [0, 0.05) is 12.1 Å². The summed E-state index contributed by atoms with van der Waals surface area (Å²) in [5.74, 6) is -2.76. The van der Waals surface area contributed by atoms with Crippen LogP contribution >= 0.6 is 0 Å². The second kappa shape index (κ2) is 7.61. The Morgan fingerprint density at radius 1 is 0.848 bits per heavy atom. The molecule has 2 aliphatic heterocycles. The molecule has 0 bridgehead atoms. The van der Waals surface area contributed by atoms with E-state index < -0.39 is 34.8 Å². The number of aromatic hydroxyl groups is 2. The predicted molar refractivity (Wildman–Crippen MR) is 115 cm³/mol. The van der Waals surface area contributed by atoms with E-state index in [1.807, 2.05) is 6.07 Å². The largest absolute Gasteiger partial charge is 0.504 e. The van der Waals surface area contributed by atoms with Crippen molar-refractivity contribution in [3.05, 3.63) is 88.5 Å². The number of para-hydroxylation sites is 1. The van der Waals surface area contributed by atoms with E-state index in [-0.39, 0.29) is 22.9 Å². The van der Waals surface area contributed by atoms with E-state index in [0.717, 1.165) is 4.90 Å². The maximum absolute atomic E-state index is 13.5. The van der Waals surface area contributed by atoms with Gasteiger partial charge in [-0.1, -0.05) is 24.3 Å². The second-order valence-electron chi connectivity index (χ2n) is 7.69. The van der Waals surface area contributed by atoms with E-state index in [1.54, 1.807) is 30.3 Å². The molecule has 2 N–H and O–H groups in total. The van der Waals surface area contributed by atoms with E-state index in [9.17, 15) is 29.9 Å². The molecule has 0 aliphatic carbocycles. The van der Waals surface area contributed by atoms with Crippen molar-refractivity contribution in [1.29, 1.82) is 0 Å². The quantitative estimate of drug-likeness (QED) is 0.270. The summed E-state index contributed by atoms with van der Waals surface area (Å²) in [7, 11) is 0. The Bertz CT molecular complexity index is 1260. The molecule has 2 amide bonds. The van der Waals surface area contributed by atoms with Crippen molar-refractivity contribution < 1.29 is 29.6 Å². The van der Waals surface area contributed by atoms with Crippen LogP contribution in [0, 0.1) is 16.0 Å². The van der Waals surface area contributed by atoms with Crippen molar-refractivity contribution in [2.75, 3.05) is 9.96 Å². The lowest BCUT2D eigenvalue weighted by atomic mass is 9.90. The fraction of sp³-hybridized carbons (Fsp3) is 0.130. The summed E-state index contributed by atoms with van der Waals surface area (Å²) >= 11 is 0. The van der Waals surface area contributed by atoms with Crippen molar-refractivity contribution in [3.63, 3.8) is 0 Å². The van der Waals surface area contributed by atoms with Crippen LogP contribution in [0.2, 0.25) is 0 Å². The Labute approximate surface area is 187 Å². The molecule has 0 radical (unpaired) electrons. The van der Waals surface area contributed by atoms with Gasteiger partial charge in [0.15, 0.2) is 17.6 Å². The number of hydrogen-bond acceptors (Lipinski definition) is 8. The third-order valence-electron chi connectivity index (χ3n) is 5.79. The van der Waals surface area contributed by atoms with Crippen LogP contribution in [0.5, 0.6) is 11.5 Å². The number of phenolic OH excluding ortho intramolecular Hbond substituents is 2. The third kappa shape index (κ3) is 3.24. The maximum atomic E-state index is 13.5. The van der Waals surface area contributed by atoms with Crippen LogP contribution in [0.4, 0.5) is 17.1 Å². The molecule has 10 heteroatoms. The highest BCUT2D eigenvalue weighted by Crippen LogP contribution is 2.48. The van der Waals surface area contributed by atoms with Crippen LogP contribution in [0.1, 0.15) is 11.6 Å². The van der Waals surface area contributed by atoms with Gasteiger partial charge in [-0.05, 0) is 42.0 Å². The van der Waals surface area contributed by atoms with Crippen molar-refractivity contribution in [2.45, 2.75) is 12.1 Å². The molecule has 2 aliphatic rings. The average molecular weight is 447 g/mol. The molecule has 5 rings (SSSR count). The first kappa shape index (κ1) is 20.5. The molecule has 3 aromatic carbocycles. The topological polar surface area (TPSA) is 133 Å². The zero-order chi connectivity index (χ0) is 23.3. The molecule has 10 nitrogen and oxygen atoms in total. The van der Waals surface area contributed by atoms with Crippen LogP contribution in [0.3, 0.4) is 0 Å². The normalized spacial score (nSPS) is 22.0. The molecule has 2 heterocycles. The monoisotopic (exact) mass is 447 g/mol. The third-order valence-corrected chi connectivity index (χ3v) is 5.79. The summed E-state index contributed by atoms with van der Waals surface area (Å²) < 4.78 is 0. The molecule has 2 saturated heterocycles. The summed E-state index contributed by atoms with van der Waals surface area (Å²) in [5.41, 5.74) is 1.11. The number of fused-ring (bicyclic) bond motifs is 1. The summed E-state index contributed by atoms with van der Waals surface area (Å²) in [6, 6.07) is 17.4. The zero-order valence-electron chi connectivity index (χ0n) is 16.9. The standard InChI is InChI=1S/C23H17N3O7/c27-17-11-6-13(12-18(17)28)20-19-21(33-25(20)15-4-2-1-3-5-15)23(30)24(22(19)29)14-7-9-16(10-8-14)26(31)32/h1-12,19-21,27-28H/t19-,20-,21+/m0/s1. The first-order chi connectivity index (χ1) is 15.9. The fourth-order valence-corrected chi connectivity index (χ4v) is 4.25. The van der Waals surface area contributed by atoms with Crippen LogP contribution in [0.25, 0.3) is 0 Å². The van der Waals surface area contributed by atoms with E-state index in [4.69, 9.17) is 4.84 Å². The number of carbonyl (C=O) groups excluding carboxylic acids is 2. The SMILES string of the molecule is O=C1[C@@H]2[C@@H](ON(c3ccccc3)[C@H]2c2ccc(O)c(O)c2)C(=O)N1c1ccc([N+](=O)[O-])cc1. The molecule has 2 fully saturated rings. The Morgan fingerprint density at radius 2 is 1.55 bits per heavy atom. The minimum Gasteiger partial charge on any atom is -0.504 e. The van der Waals surface area contributed by atoms with Crippen LogP contribution in [0.15, 0.2) is 72.8 Å². The lowest BCUT2D eigenvalue weighted by Crippen LogP contribution is -2.37. The molecule has 0 spiro atoms. The van der Waals surface area contributed by atoms with E-state index in [0.29, 0.717) is 11.3 Å². The number of nitro benzene ring substituents is 1.